The molecule has 1 aliphatic rings. The number of hydrogen-bond acceptors (Lipinski definition) is 2. The van der Waals surface area contributed by atoms with Gasteiger partial charge >= 0.3 is 0 Å². The Morgan fingerprint density at radius 1 is 0.759 bits per heavy atom. The summed E-state index contributed by atoms with van der Waals surface area (Å²) in [6.07, 6.45) is 11.0. The second kappa shape index (κ2) is 11.2. The molecule has 2 aromatic rings. The smallest absolute Gasteiger partial charge is 0.168 e. The summed E-state index contributed by atoms with van der Waals surface area (Å²) in [6, 6.07) is 10.0. The molecule has 0 N–H and O–H groups in total. The van der Waals surface area contributed by atoms with E-state index in [4.69, 9.17) is 9.47 Å². The first-order valence-corrected chi connectivity index (χ1v) is 11.4. The third-order valence-corrected chi connectivity index (χ3v) is 5.74. The van der Waals surface area contributed by atoms with Gasteiger partial charge in [-0.25, -0.2) is 4.39 Å². The Hall–Kier alpha value is -2.03. The zero-order chi connectivity index (χ0) is 20.5. The highest BCUT2D eigenvalue weighted by Gasteiger charge is 2.22. The van der Waals surface area contributed by atoms with Gasteiger partial charge in [0.15, 0.2) is 11.6 Å². The first-order valence-electron chi connectivity index (χ1n) is 11.4. The van der Waals surface area contributed by atoms with Gasteiger partial charge in [-0.15, -0.1) is 0 Å². The second-order valence-corrected chi connectivity index (χ2v) is 8.04. The molecule has 0 unspecified atom stereocenters. The molecule has 0 heterocycles. The van der Waals surface area contributed by atoms with Crippen molar-refractivity contribution >= 4 is 0 Å². The second-order valence-electron chi connectivity index (χ2n) is 8.04. The molecule has 3 heteroatoms. The van der Waals surface area contributed by atoms with Gasteiger partial charge in [0.1, 0.15) is 5.75 Å². The van der Waals surface area contributed by atoms with Gasteiger partial charge in [-0.1, -0.05) is 64.5 Å². The van der Waals surface area contributed by atoms with Gasteiger partial charge < -0.3 is 9.47 Å². The minimum absolute atomic E-state index is 0.183. The van der Waals surface area contributed by atoms with E-state index < -0.39 is 0 Å². The molecule has 1 aliphatic carbocycles. The molecule has 0 aliphatic heterocycles. The van der Waals surface area contributed by atoms with Crippen LogP contribution in [0.25, 0.3) is 11.1 Å². The molecule has 158 valence electrons. The zero-order valence-corrected chi connectivity index (χ0v) is 18.1. The number of benzene rings is 2. The Morgan fingerprint density at radius 3 is 2.28 bits per heavy atom. The molecule has 0 aromatic heterocycles. The van der Waals surface area contributed by atoms with Gasteiger partial charge in [-0.05, 0) is 66.1 Å². The Morgan fingerprint density at radius 2 is 1.45 bits per heavy atom. The van der Waals surface area contributed by atoms with Crippen LogP contribution in [0.1, 0.15) is 76.3 Å². The largest absolute Gasteiger partial charge is 0.494 e. The minimum atomic E-state index is -0.183. The number of halogens is 1. The third kappa shape index (κ3) is 5.74. The van der Waals surface area contributed by atoms with Crippen LogP contribution < -0.4 is 9.47 Å². The van der Waals surface area contributed by atoms with Crippen molar-refractivity contribution in [2.75, 3.05) is 13.2 Å². The SMILES string of the molecule is CCCCCCCOc1ccc2c(c1)CCc1c-2ccc(OCCCCC)c1F. The summed E-state index contributed by atoms with van der Waals surface area (Å²) < 4.78 is 26.6. The van der Waals surface area contributed by atoms with Crippen molar-refractivity contribution in [3.05, 3.63) is 47.3 Å². The van der Waals surface area contributed by atoms with Gasteiger partial charge in [0, 0.05) is 0 Å². The number of ether oxygens (including phenoxy) is 2. The Bertz CT molecular complexity index is 785. The third-order valence-electron chi connectivity index (χ3n) is 5.74. The summed E-state index contributed by atoms with van der Waals surface area (Å²) in [5.74, 6) is 1.14. The topological polar surface area (TPSA) is 18.5 Å². The lowest BCUT2D eigenvalue weighted by Gasteiger charge is -2.22. The van der Waals surface area contributed by atoms with Crippen molar-refractivity contribution in [2.24, 2.45) is 0 Å². The van der Waals surface area contributed by atoms with Gasteiger partial charge in [-0.2, -0.15) is 0 Å². The fourth-order valence-electron chi connectivity index (χ4n) is 4.03. The highest BCUT2D eigenvalue weighted by molar-refractivity contribution is 5.75. The highest BCUT2D eigenvalue weighted by atomic mass is 19.1. The molecule has 3 rings (SSSR count). The summed E-state index contributed by atoms with van der Waals surface area (Å²) in [6.45, 7) is 5.74. The molecule has 29 heavy (non-hydrogen) atoms. The Labute approximate surface area is 175 Å². The first-order chi connectivity index (χ1) is 14.2. The molecule has 2 nitrogen and oxygen atoms in total. The fourth-order valence-corrected chi connectivity index (χ4v) is 4.03. The lowest BCUT2D eigenvalue weighted by molar-refractivity contribution is 0.290. The predicted molar refractivity (Wildman–Crippen MR) is 119 cm³/mol. The van der Waals surface area contributed by atoms with E-state index in [0.29, 0.717) is 18.8 Å². The standard InChI is InChI=1S/C26H35FO2/c1-3-5-7-8-10-17-28-21-12-14-22-20(19-21)11-13-24-23(22)15-16-25(26(24)27)29-18-9-6-4-2/h12,14-16,19H,3-11,13,17-18H2,1-2H3. The molecule has 0 spiro atoms. The first kappa shape index (κ1) is 21.7. The summed E-state index contributed by atoms with van der Waals surface area (Å²) >= 11 is 0. The van der Waals surface area contributed by atoms with Crippen molar-refractivity contribution in [1.29, 1.82) is 0 Å². The van der Waals surface area contributed by atoms with E-state index >= 15 is 0 Å². The molecule has 0 fully saturated rings. The normalized spacial score (nSPS) is 12.4. The number of fused-ring (bicyclic) bond motifs is 3. The van der Waals surface area contributed by atoms with Crippen LogP contribution in [-0.4, -0.2) is 13.2 Å². The van der Waals surface area contributed by atoms with Crippen molar-refractivity contribution < 1.29 is 13.9 Å². The van der Waals surface area contributed by atoms with Gasteiger partial charge in [0.2, 0.25) is 0 Å². The highest BCUT2D eigenvalue weighted by Crippen LogP contribution is 2.39. The number of hydrogen-bond donors (Lipinski definition) is 0. The van der Waals surface area contributed by atoms with Crippen molar-refractivity contribution in [3.63, 3.8) is 0 Å². The van der Waals surface area contributed by atoms with Crippen LogP contribution in [0.2, 0.25) is 0 Å². The lowest BCUT2D eigenvalue weighted by Crippen LogP contribution is -2.09. The molecular weight excluding hydrogens is 363 g/mol. The summed E-state index contributed by atoms with van der Waals surface area (Å²) in [7, 11) is 0. The molecule has 0 amide bonds. The number of aryl methyl sites for hydroxylation is 1. The number of unbranched alkanes of at least 4 members (excludes halogenated alkanes) is 6. The van der Waals surface area contributed by atoms with Gasteiger partial charge in [0.05, 0.1) is 13.2 Å². The van der Waals surface area contributed by atoms with Crippen LogP contribution in [0.4, 0.5) is 4.39 Å². The molecule has 0 bridgehead atoms. The molecule has 0 saturated carbocycles. The van der Waals surface area contributed by atoms with Crippen molar-refractivity contribution in [2.45, 2.75) is 78.1 Å². The van der Waals surface area contributed by atoms with Crippen molar-refractivity contribution in [1.82, 2.24) is 0 Å². The lowest BCUT2D eigenvalue weighted by atomic mass is 9.85. The maximum absolute atomic E-state index is 15.0. The van der Waals surface area contributed by atoms with E-state index in [-0.39, 0.29) is 5.82 Å². The Kier molecular flexibility index (Phi) is 8.39. The maximum atomic E-state index is 15.0. The molecule has 0 atom stereocenters. The van der Waals surface area contributed by atoms with Crippen LogP contribution in [0, 0.1) is 5.82 Å². The van der Waals surface area contributed by atoms with E-state index in [1.807, 2.05) is 12.1 Å². The Balaban J connectivity index is 1.64. The van der Waals surface area contributed by atoms with Gasteiger partial charge in [0.25, 0.3) is 0 Å². The van der Waals surface area contributed by atoms with E-state index in [9.17, 15) is 4.39 Å². The summed E-state index contributed by atoms with van der Waals surface area (Å²) in [5, 5.41) is 0. The van der Waals surface area contributed by atoms with Crippen molar-refractivity contribution in [3.8, 4) is 22.6 Å². The van der Waals surface area contributed by atoms with Gasteiger partial charge in [-0.3, -0.25) is 0 Å². The van der Waals surface area contributed by atoms with Crippen LogP contribution in [-0.2, 0) is 12.8 Å². The van der Waals surface area contributed by atoms with E-state index in [0.717, 1.165) is 61.2 Å². The maximum Gasteiger partial charge on any atom is 0.168 e. The fraction of sp³-hybridized carbons (Fsp3) is 0.538. The van der Waals surface area contributed by atoms with Crippen LogP contribution in [0.5, 0.6) is 11.5 Å². The number of rotatable bonds is 12. The molecular formula is C26H35FO2. The molecule has 2 aromatic carbocycles. The minimum Gasteiger partial charge on any atom is -0.494 e. The van der Waals surface area contributed by atoms with E-state index in [1.165, 1.54) is 31.2 Å². The van der Waals surface area contributed by atoms with E-state index in [2.05, 4.69) is 26.0 Å². The molecule has 0 radical (unpaired) electrons. The average molecular weight is 399 g/mol. The average Bonchev–Trinajstić information content (AvgIpc) is 2.74. The summed E-state index contributed by atoms with van der Waals surface area (Å²) in [5.41, 5.74) is 4.15. The quantitative estimate of drug-likeness (QED) is 0.344. The molecule has 0 saturated heterocycles. The monoisotopic (exact) mass is 398 g/mol. The van der Waals surface area contributed by atoms with E-state index in [1.54, 1.807) is 6.07 Å². The zero-order valence-electron chi connectivity index (χ0n) is 18.1. The predicted octanol–water partition coefficient (Wildman–Crippen LogP) is 7.51. The van der Waals surface area contributed by atoms with Crippen LogP contribution in [0.3, 0.4) is 0 Å². The van der Waals surface area contributed by atoms with Crippen LogP contribution >= 0.6 is 0 Å². The van der Waals surface area contributed by atoms with Crippen LogP contribution in [0.15, 0.2) is 30.3 Å². The summed E-state index contributed by atoms with van der Waals surface area (Å²) in [4.78, 5) is 0.